The number of hydrogen-bond donors (Lipinski definition) is 3. The van der Waals surface area contributed by atoms with Crippen LogP contribution in [0.4, 0.5) is 5.82 Å². The molecule has 6 nitrogen and oxygen atoms in total. The van der Waals surface area contributed by atoms with Crippen LogP contribution in [0.5, 0.6) is 0 Å². The molecule has 4 rings (SSSR count). The van der Waals surface area contributed by atoms with Crippen molar-refractivity contribution in [1.29, 1.82) is 0 Å². The molecule has 0 fully saturated rings. The summed E-state index contributed by atoms with van der Waals surface area (Å²) in [6.07, 6.45) is 4.23. The molecule has 0 aliphatic rings. The highest BCUT2D eigenvalue weighted by Gasteiger charge is 2.26. The summed E-state index contributed by atoms with van der Waals surface area (Å²) in [5.74, 6) is 7.56. The van der Waals surface area contributed by atoms with Crippen LogP contribution in [0.15, 0.2) is 54.9 Å². The summed E-state index contributed by atoms with van der Waals surface area (Å²) in [5, 5.41) is 13.8. The lowest BCUT2D eigenvalue weighted by atomic mass is 9.91. The zero-order valence-corrected chi connectivity index (χ0v) is 22.3. The number of benzene rings is 1. The second-order valence-electron chi connectivity index (χ2n) is 10.5. The zero-order chi connectivity index (χ0) is 25.9. The van der Waals surface area contributed by atoms with E-state index in [0.29, 0.717) is 12.4 Å². The summed E-state index contributed by atoms with van der Waals surface area (Å²) in [7, 11) is 0. The number of hydrogen-bond acceptors (Lipinski definition) is 7. The van der Waals surface area contributed by atoms with Gasteiger partial charge in [0.1, 0.15) is 16.9 Å². The molecule has 0 aliphatic carbocycles. The lowest BCUT2D eigenvalue weighted by Gasteiger charge is -2.17. The third kappa shape index (κ3) is 6.27. The topological polar surface area (TPSA) is 97.0 Å². The third-order valence-corrected chi connectivity index (χ3v) is 7.13. The maximum Gasteiger partial charge on any atom is 0.162 e. The number of pyridine rings is 1. The van der Waals surface area contributed by atoms with E-state index >= 15 is 0 Å². The molecule has 0 unspecified atom stereocenters. The van der Waals surface area contributed by atoms with E-state index in [0.717, 1.165) is 38.5 Å². The molecule has 36 heavy (non-hydrogen) atoms. The molecule has 0 spiro atoms. The first-order valence-electron chi connectivity index (χ1n) is 12.1. The van der Waals surface area contributed by atoms with Crippen LogP contribution in [0.2, 0.25) is 0 Å². The maximum absolute atomic E-state index is 10.3. The van der Waals surface area contributed by atoms with E-state index in [1.165, 1.54) is 5.56 Å². The highest BCUT2D eigenvalue weighted by molar-refractivity contribution is 7.20. The zero-order valence-electron chi connectivity index (χ0n) is 21.5. The van der Waals surface area contributed by atoms with Crippen molar-refractivity contribution in [2.45, 2.75) is 58.1 Å². The molecule has 0 aliphatic heterocycles. The average molecular weight is 500 g/mol. The van der Waals surface area contributed by atoms with Crippen LogP contribution in [0, 0.1) is 11.8 Å². The van der Waals surface area contributed by atoms with Gasteiger partial charge in [-0.2, -0.15) is 0 Å². The fourth-order valence-electron chi connectivity index (χ4n) is 3.80. The van der Waals surface area contributed by atoms with E-state index in [1.54, 1.807) is 37.6 Å². The molecule has 7 heteroatoms. The molecule has 3 aromatic heterocycles. The third-order valence-electron chi connectivity index (χ3n) is 5.52. The number of rotatable bonds is 6. The van der Waals surface area contributed by atoms with E-state index < -0.39 is 5.60 Å². The summed E-state index contributed by atoms with van der Waals surface area (Å²) in [5.41, 5.74) is 8.89. The first kappa shape index (κ1) is 25.8. The number of thiophene rings is 1. The van der Waals surface area contributed by atoms with Crippen molar-refractivity contribution in [2.75, 3.05) is 11.9 Å². The SMILES string of the molecule is CC(C)(O)C#Cc1c(C(C)(C)C)sc2c(NC[C@H](N)Cc3ccccc3)nc(-c3ccncc3)nc12. The highest BCUT2D eigenvalue weighted by Crippen LogP contribution is 2.41. The molecule has 0 amide bonds. The average Bonchev–Trinajstić information content (AvgIpc) is 3.21. The van der Waals surface area contributed by atoms with Crippen molar-refractivity contribution in [3.05, 3.63) is 70.9 Å². The fourth-order valence-corrected chi connectivity index (χ4v) is 5.02. The van der Waals surface area contributed by atoms with Crippen molar-refractivity contribution in [3.8, 4) is 23.2 Å². The molecule has 1 aromatic carbocycles. The number of nitrogens with zero attached hydrogens (tertiary/aromatic N) is 3. The number of nitrogens with one attached hydrogen (secondary N) is 1. The Morgan fingerprint density at radius 3 is 2.36 bits per heavy atom. The van der Waals surface area contributed by atoms with Crippen LogP contribution in [-0.2, 0) is 11.8 Å². The molecule has 4 N–H and O–H groups in total. The molecular formula is C29H33N5OS. The van der Waals surface area contributed by atoms with Crippen molar-refractivity contribution >= 4 is 27.4 Å². The van der Waals surface area contributed by atoms with Gasteiger partial charge in [-0.3, -0.25) is 4.98 Å². The Bertz CT molecular complexity index is 1390. The lowest BCUT2D eigenvalue weighted by molar-refractivity contribution is 0.143. The molecular weight excluding hydrogens is 466 g/mol. The van der Waals surface area contributed by atoms with Gasteiger partial charge >= 0.3 is 0 Å². The van der Waals surface area contributed by atoms with E-state index in [1.807, 2.05) is 30.3 Å². The van der Waals surface area contributed by atoms with Gasteiger partial charge in [0.05, 0.1) is 10.3 Å². The first-order valence-corrected chi connectivity index (χ1v) is 12.9. The minimum absolute atomic E-state index is 0.0849. The van der Waals surface area contributed by atoms with Crippen LogP contribution in [0.3, 0.4) is 0 Å². The minimum atomic E-state index is -1.12. The number of aliphatic hydroxyl groups is 1. The predicted octanol–water partition coefficient (Wildman–Crippen LogP) is 5.16. The van der Waals surface area contributed by atoms with Gasteiger partial charge in [-0.1, -0.05) is 62.9 Å². The van der Waals surface area contributed by atoms with Crippen LogP contribution in [-0.4, -0.2) is 38.2 Å². The van der Waals surface area contributed by atoms with Gasteiger partial charge in [0.25, 0.3) is 0 Å². The molecule has 0 radical (unpaired) electrons. The molecule has 3 heterocycles. The quantitative estimate of drug-likeness (QED) is 0.317. The summed E-state index contributed by atoms with van der Waals surface area (Å²) >= 11 is 1.64. The van der Waals surface area contributed by atoms with Gasteiger partial charge in [-0.25, -0.2) is 9.97 Å². The van der Waals surface area contributed by atoms with E-state index in [2.05, 4.69) is 55.0 Å². The largest absolute Gasteiger partial charge is 0.378 e. The van der Waals surface area contributed by atoms with Crippen LogP contribution < -0.4 is 11.1 Å². The second-order valence-corrected chi connectivity index (χ2v) is 11.5. The van der Waals surface area contributed by atoms with E-state index in [4.69, 9.17) is 15.7 Å². The molecule has 4 aromatic rings. The summed E-state index contributed by atoms with van der Waals surface area (Å²) in [6.45, 7) is 10.4. The fraction of sp³-hybridized carbons (Fsp3) is 0.345. The highest BCUT2D eigenvalue weighted by atomic mass is 32.1. The molecule has 186 valence electrons. The summed E-state index contributed by atoms with van der Waals surface area (Å²) < 4.78 is 0.935. The van der Waals surface area contributed by atoms with Gasteiger partial charge in [0.2, 0.25) is 0 Å². The first-order chi connectivity index (χ1) is 17.0. The van der Waals surface area contributed by atoms with E-state index in [9.17, 15) is 5.11 Å². The minimum Gasteiger partial charge on any atom is -0.378 e. The molecule has 0 saturated carbocycles. The van der Waals surface area contributed by atoms with Crippen molar-refractivity contribution in [1.82, 2.24) is 15.0 Å². The Hall–Kier alpha value is -3.31. The van der Waals surface area contributed by atoms with Crippen molar-refractivity contribution in [2.24, 2.45) is 5.73 Å². The lowest BCUT2D eigenvalue weighted by Crippen LogP contribution is -2.31. The molecule has 0 bridgehead atoms. The van der Waals surface area contributed by atoms with Crippen LogP contribution in [0.25, 0.3) is 21.6 Å². The van der Waals surface area contributed by atoms with Crippen molar-refractivity contribution in [3.63, 3.8) is 0 Å². The maximum atomic E-state index is 10.3. The monoisotopic (exact) mass is 499 g/mol. The predicted molar refractivity (Wildman–Crippen MR) is 149 cm³/mol. The Morgan fingerprint density at radius 1 is 1.03 bits per heavy atom. The van der Waals surface area contributed by atoms with Gasteiger partial charge in [0.15, 0.2) is 5.82 Å². The van der Waals surface area contributed by atoms with Gasteiger partial charge in [0, 0.05) is 35.4 Å². The standard InChI is InChI=1S/C29H33N5OS/c1-28(2,3)25-22(11-14-29(4,5)35)23-24(36-25)27(34-26(33-23)20-12-15-31-16-13-20)32-18-21(30)17-19-9-7-6-8-10-19/h6-10,12-13,15-16,21,35H,17-18,30H2,1-5H3,(H,32,33,34)/t21-/m1/s1. The van der Waals surface area contributed by atoms with Crippen molar-refractivity contribution < 1.29 is 5.11 Å². The van der Waals surface area contributed by atoms with E-state index in [-0.39, 0.29) is 11.5 Å². The second kappa shape index (κ2) is 10.4. The number of fused-ring (bicyclic) bond motifs is 1. The van der Waals surface area contributed by atoms with Crippen LogP contribution in [0.1, 0.15) is 50.6 Å². The van der Waals surface area contributed by atoms with Gasteiger partial charge < -0.3 is 16.2 Å². The Balaban J connectivity index is 1.81. The normalized spacial score (nSPS) is 12.8. The smallest absolute Gasteiger partial charge is 0.162 e. The van der Waals surface area contributed by atoms with Crippen LogP contribution >= 0.6 is 11.3 Å². The Labute approximate surface area is 217 Å². The number of nitrogens with two attached hydrogens (primary N) is 1. The Kier molecular flexibility index (Phi) is 7.41. The summed E-state index contributed by atoms with van der Waals surface area (Å²) in [4.78, 5) is 15.1. The molecule has 1 atom stereocenters. The number of aromatic nitrogens is 3. The molecule has 0 saturated heterocycles. The Morgan fingerprint density at radius 2 is 1.72 bits per heavy atom. The van der Waals surface area contributed by atoms with Gasteiger partial charge in [-0.05, 0) is 43.4 Å². The number of anilines is 1. The summed E-state index contributed by atoms with van der Waals surface area (Å²) in [6, 6.07) is 13.9. The van der Waals surface area contributed by atoms with Gasteiger partial charge in [-0.15, -0.1) is 11.3 Å².